The topological polar surface area (TPSA) is 37.4 Å². The van der Waals surface area contributed by atoms with Crippen LogP contribution in [0.1, 0.15) is 18.5 Å². The summed E-state index contributed by atoms with van der Waals surface area (Å²) < 4.78 is 19.6. The van der Waals surface area contributed by atoms with E-state index in [1.165, 1.54) is 6.07 Å². The van der Waals surface area contributed by atoms with Crippen LogP contribution in [0.25, 0.3) is 0 Å². The summed E-state index contributed by atoms with van der Waals surface area (Å²) in [6.45, 7) is 5.14. The highest BCUT2D eigenvalue weighted by Gasteiger charge is 2.16. The van der Waals surface area contributed by atoms with E-state index in [1.54, 1.807) is 12.1 Å². The number of hydrogen-bond donors (Lipinski definition) is 1. The zero-order valence-electron chi connectivity index (χ0n) is 12.9. The summed E-state index contributed by atoms with van der Waals surface area (Å²) in [5, 5.41) is 3.35. The summed E-state index contributed by atoms with van der Waals surface area (Å²) in [4.78, 5) is 6.75. The van der Waals surface area contributed by atoms with E-state index in [0.29, 0.717) is 0 Å². The molecule has 6 heteroatoms. The lowest BCUT2D eigenvalue weighted by atomic mass is 10.1. The molecule has 1 saturated heterocycles. The third kappa shape index (κ3) is 4.00. The highest BCUT2D eigenvalue weighted by atomic mass is 79.9. The average Bonchev–Trinajstić information content (AvgIpc) is 2.56. The van der Waals surface area contributed by atoms with E-state index >= 15 is 0 Å². The third-order valence-corrected chi connectivity index (χ3v) is 4.45. The van der Waals surface area contributed by atoms with E-state index < -0.39 is 0 Å². The number of ether oxygens (including phenoxy) is 1. The number of halogens is 2. The number of rotatable bonds is 4. The Morgan fingerprint density at radius 3 is 2.78 bits per heavy atom. The molecule has 0 saturated carbocycles. The molecular formula is C17H19BrFN3O. The Bertz CT molecular complexity index is 677. The standard InChI is InChI=1S/C17H19BrFN3O/c1-12(13-3-2-4-14(19)9-13)21-15-10-16(18)17(20-11-15)22-5-7-23-8-6-22/h2-4,9-12,21H,5-8H2,1H3/t12-/m0/s1. The van der Waals surface area contributed by atoms with Crippen LogP contribution in [0.3, 0.4) is 0 Å². The van der Waals surface area contributed by atoms with Gasteiger partial charge in [0.05, 0.1) is 29.6 Å². The van der Waals surface area contributed by atoms with Gasteiger partial charge in [-0.2, -0.15) is 0 Å². The van der Waals surface area contributed by atoms with Crippen molar-refractivity contribution in [2.45, 2.75) is 13.0 Å². The second-order valence-electron chi connectivity index (χ2n) is 5.55. The normalized spacial score (nSPS) is 16.2. The molecular weight excluding hydrogens is 361 g/mol. The van der Waals surface area contributed by atoms with Crippen LogP contribution < -0.4 is 10.2 Å². The Hall–Kier alpha value is -1.66. The van der Waals surface area contributed by atoms with Gasteiger partial charge in [0.15, 0.2) is 0 Å². The second kappa shape index (κ2) is 7.27. The van der Waals surface area contributed by atoms with Gasteiger partial charge in [0.1, 0.15) is 11.6 Å². The van der Waals surface area contributed by atoms with Gasteiger partial charge >= 0.3 is 0 Å². The van der Waals surface area contributed by atoms with Gasteiger partial charge in [0.2, 0.25) is 0 Å². The molecule has 1 aliphatic rings. The number of anilines is 2. The van der Waals surface area contributed by atoms with E-state index in [-0.39, 0.29) is 11.9 Å². The van der Waals surface area contributed by atoms with Crippen molar-refractivity contribution < 1.29 is 9.13 Å². The number of nitrogens with one attached hydrogen (secondary N) is 1. The summed E-state index contributed by atoms with van der Waals surface area (Å²) in [6.07, 6.45) is 1.81. The quantitative estimate of drug-likeness (QED) is 0.871. The van der Waals surface area contributed by atoms with Crippen molar-refractivity contribution in [2.75, 3.05) is 36.5 Å². The predicted octanol–water partition coefficient (Wildman–Crippen LogP) is 3.99. The van der Waals surface area contributed by atoms with Gasteiger partial charge in [-0.15, -0.1) is 0 Å². The first-order valence-electron chi connectivity index (χ1n) is 7.64. The molecule has 0 aliphatic carbocycles. The maximum absolute atomic E-state index is 13.3. The number of pyridine rings is 1. The molecule has 4 nitrogen and oxygen atoms in total. The Morgan fingerprint density at radius 2 is 2.09 bits per heavy atom. The molecule has 0 bridgehead atoms. The summed E-state index contributed by atoms with van der Waals surface area (Å²) in [5.74, 6) is 0.704. The average molecular weight is 380 g/mol. The van der Waals surface area contributed by atoms with Crippen LogP contribution in [0.15, 0.2) is 41.0 Å². The Kier molecular flexibility index (Phi) is 5.13. The predicted molar refractivity (Wildman–Crippen MR) is 93.4 cm³/mol. The van der Waals surface area contributed by atoms with Gasteiger partial charge in [-0.3, -0.25) is 0 Å². The molecule has 23 heavy (non-hydrogen) atoms. The first-order chi connectivity index (χ1) is 11.1. The molecule has 3 rings (SSSR count). The van der Waals surface area contributed by atoms with Gasteiger partial charge in [0.25, 0.3) is 0 Å². The lowest BCUT2D eigenvalue weighted by Crippen LogP contribution is -2.37. The molecule has 1 aromatic carbocycles. The van der Waals surface area contributed by atoms with E-state index in [0.717, 1.165) is 47.8 Å². The van der Waals surface area contributed by atoms with Gasteiger partial charge in [-0.1, -0.05) is 12.1 Å². The molecule has 1 aromatic heterocycles. The van der Waals surface area contributed by atoms with Crippen molar-refractivity contribution in [3.8, 4) is 0 Å². The van der Waals surface area contributed by atoms with Crippen molar-refractivity contribution in [2.24, 2.45) is 0 Å². The smallest absolute Gasteiger partial charge is 0.143 e. The van der Waals surface area contributed by atoms with Gasteiger partial charge in [-0.05, 0) is 46.6 Å². The van der Waals surface area contributed by atoms with E-state index in [1.807, 2.05) is 25.3 Å². The summed E-state index contributed by atoms with van der Waals surface area (Å²) >= 11 is 3.60. The molecule has 0 spiro atoms. The van der Waals surface area contributed by atoms with Crippen LogP contribution in [-0.2, 0) is 4.74 Å². The zero-order chi connectivity index (χ0) is 16.2. The van der Waals surface area contributed by atoms with Crippen molar-refractivity contribution in [3.05, 3.63) is 52.4 Å². The molecule has 2 aromatic rings. The fourth-order valence-corrected chi connectivity index (χ4v) is 3.23. The number of hydrogen-bond acceptors (Lipinski definition) is 4. The molecule has 122 valence electrons. The molecule has 0 amide bonds. The number of nitrogens with zero attached hydrogens (tertiary/aromatic N) is 2. The van der Waals surface area contributed by atoms with Crippen LogP contribution in [-0.4, -0.2) is 31.3 Å². The van der Waals surface area contributed by atoms with Crippen LogP contribution in [0.4, 0.5) is 15.9 Å². The summed E-state index contributed by atoms with van der Waals surface area (Å²) in [5.41, 5.74) is 1.80. The Morgan fingerprint density at radius 1 is 1.30 bits per heavy atom. The number of benzene rings is 1. The largest absolute Gasteiger partial charge is 0.378 e. The number of morpholine rings is 1. The van der Waals surface area contributed by atoms with Crippen molar-refractivity contribution in [1.29, 1.82) is 0 Å². The van der Waals surface area contributed by atoms with Crippen LogP contribution in [0.5, 0.6) is 0 Å². The summed E-state index contributed by atoms with van der Waals surface area (Å²) in [6, 6.07) is 8.62. The van der Waals surface area contributed by atoms with Crippen molar-refractivity contribution in [3.63, 3.8) is 0 Å². The van der Waals surface area contributed by atoms with Crippen LogP contribution in [0.2, 0.25) is 0 Å². The lowest BCUT2D eigenvalue weighted by Gasteiger charge is -2.28. The SMILES string of the molecule is C[C@H](Nc1cnc(N2CCOCC2)c(Br)c1)c1cccc(F)c1. The number of aromatic nitrogens is 1. The molecule has 1 fully saturated rings. The first-order valence-corrected chi connectivity index (χ1v) is 8.43. The summed E-state index contributed by atoms with van der Waals surface area (Å²) in [7, 11) is 0. The van der Waals surface area contributed by atoms with Crippen molar-refractivity contribution >= 4 is 27.4 Å². The Labute approximate surface area is 143 Å². The van der Waals surface area contributed by atoms with Crippen molar-refractivity contribution in [1.82, 2.24) is 4.98 Å². The molecule has 2 heterocycles. The van der Waals surface area contributed by atoms with E-state index in [9.17, 15) is 4.39 Å². The molecule has 1 aliphatic heterocycles. The van der Waals surface area contributed by atoms with E-state index in [2.05, 4.69) is 31.1 Å². The molecule has 1 N–H and O–H groups in total. The third-order valence-electron chi connectivity index (χ3n) is 3.86. The first kappa shape index (κ1) is 16.2. The maximum Gasteiger partial charge on any atom is 0.143 e. The monoisotopic (exact) mass is 379 g/mol. The highest BCUT2D eigenvalue weighted by molar-refractivity contribution is 9.10. The van der Waals surface area contributed by atoms with Gasteiger partial charge in [-0.25, -0.2) is 9.37 Å². The Balaban J connectivity index is 1.72. The minimum absolute atomic E-state index is 0.00589. The minimum Gasteiger partial charge on any atom is -0.378 e. The fraction of sp³-hybridized carbons (Fsp3) is 0.353. The van der Waals surface area contributed by atoms with Gasteiger partial charge < -0.3 is 15.0 Å². The maximum atomic E-state index is 13.3. The molecule has 1 atom stereocenters. The lowest BCUT2D eigenvalue weighted by molar-refractivity contribution is 0.122. The fourth-order valence-electron chi connectivity index (χ4n) is 2.63. The highest BCUT2D eigenvalue weighted by Crippen LogP contribution is 2.29. The van der Waals surface area contributed by atoms with E-state index in [4.69, 9.17) is 4.74 Å². The van der Waals surface area contributed by atoms with Crippen LogP contribution in [0, 0.1) is 5.82 Å². The zero-order valence-corrected chi connectivity index (χ0v) is 14.5. The van der Waals surface area contributed by atoms with Crippen LogP contribution >= 0.6 is 15.9 Å². The second-order valence-corrected chi connectivity index (χ2v) is 6.40. The molecule has 0 radical (unpaired) electrons. The minimum atomic E-state index is -0.224. The van der Waals surface area contributed by atoms with Gasteiger partial charge in [0, 0.05) is 19.1 Å². The molecule has 0 unspecified atom stereocenters.